The molecule has 2 aromatic rings. The first-order valence-corrected chi connectivity index (χ1v) is 6.81. The second-order valence-corrected chi connectivity index (χ2v) is 5.31. The van der Waals surface area contributed by atoms with Gasteiger partial charge < -0.3 is 4.90 Å². The lowest BCUT2D eigenvalue weighted by Gasteiger charge is -2.18. The fourth-order valence-corrected chi connectivity index (χ4v) is 2.77. The molecular formula is C15H11BrFNO. The number of para-hydroxylation sites is 1. The number of hydrogen-bond acceptors (Lipinski definition) is 1. The molecule has 0 spiro atoms. The van der Waals surface area contributed by atoms with Gasteiger partial charge in [0.25, 0.3) is 5.91 Å². The molecule has 0 aromatic heterocycles. The minimum atomic E-state index is -0.404. The molecule has 1 aliphatic rings. The zero-order valence-electron chi connectivity index (χ0n) is 10.1. The van der Waals surface area contributed by atoms with E-state index in [0.717, 1.165) is 17.7 Å². The summed E-state index contributed by atoms with van der Waals surface area (Å²) in [5.74, 6) is -0.574. The Labute approximate surface area is 119 Å². The van der Waals surface area contributed by atoms with Crippen molar-refractivity contribution in [3.05, 3.63) is 63.9 Å². The van der Waals surface area contributed by atoms with Crippen LogP contribution in [0.3, 0.4) is 0 Å². The van der Waals surface area contributed by atoms with Gasteiger partial charge >= 0.3 is 0 Å². The van der Waals surface area contributed by atoms with Crippen molar-refractivity contribution in [3.63, 3.8) is 0 Å². The Kier molecular flexibility index (Phi) is 3.11. The summed E-state index contributed by atoms with van der Waals surface area (Å²) >= 11 is 3.30. The first kappa shape index (κ1) is 12.4. The molecule has 4 heteroatoms. The number of carbonyl (C=O) groups is 1. The fourth-order valence-electron chi connectivity index (χ4n) is 2.36. The zero-order chi connectivity index (χ0) is 13.4. The maximum Gasteiger partial charge on any atom is 0.259 e. The second kappa shape index (κ2) is 4.78. The molecule has 1 aliphatic heterocycles. The van der Waals surface area contributed by atoms with Crippen LogP contribution in [0.25, 0.3) is 0 Å². The maximum atomic E-state index is 13.3. The number of anilines is 1. The van der Waals surface area contributed by atoms with Crippen molar-refractivity contribution < 1.29 is 9.18 Å². The van der Waals surface area contributed by atoms with E-state index >= 15 is 0 Å². The number of hydrogen-bond donors (Lipinski definition) is 0. The van der Waals surface area contributed by atoms with E-state index in [4.69, 9.17) is 0 Å². The molecule has 3 rings (SSSR count). The van der Waals surface area contributed by atoms with Crippen LogP contribution in [0, 0.1) is 5.82 Å². The molecule has 0 radical (unpaired) electrons. The van der Waals surface area contributed by atoms with Crippen LogP contribution >= 0.6 is 15.9 Å². The molecule has 0 bridgehead atoms. The Morgan fingerprint density at radius 3 is 2.84 bits per heavy atom. The molecule has 1 heterocycles. The summed E-state index contributed by atoms with van der Waals surface area (Å²) in [6, 6.07) is 12.0. The van der Waals surface area contributed by atoms with Crippen molar-refractivity contribution >= 4 is 27.5 Å². The first-order valence-electron chi connectivity index (χ1n) is 6.01. The number of carbonyl (C=O) groups excluding carboxylic acids is 1. The first-order chi connectivity index (χ1) is 9.16. The van der Waals surface area contributed by atoms with Crippen molar-refractivity contribution in [1.82, 2.24) is 0 Å². The van der Waals surface area contributed by atoms with Crippen molar-refractivity contribution in [2.45, 2.75) is 6.42 Å². The summed E-state index contributed by atoms with van der Waals surface area (Å²) in [5.41, 5.74) is 2.43. The lowest BCUT2D eigenvalue weighted by Crippen LogP contribution is -2.29. The predicted molar refractivity (Wildman–Crippen MR) is 75.9 cm³/mol. The fraction of sp³-hybridized carbons (Fsp3) is 0.133. The standard InChI is InChI=1S/C15H11BrFNO/c16-13-6-5-11(17)9-12(13)15(19)18-8-7-10-3-1-2-4-14(10)18/h1-6,9H,7-8H2. The zero-order valence-corrected chi connectivity index (χ0v) is 11.7. The van der Waals surface area contributed by atoms with E-state index in [0.29, 0.717) is 16.6 Å². The lowest BCUT2D eigenvalue weighted by molar-refractivity contribution is 0.0988. The number of halogens is 2. The van der Waals surface area contributed by atoms with Crippen LogP contribution in [-0.4, -0.2) is 12.5 Å². The van der Waals surface area contributed by atoms with Gasteiger partial charge in [-0.2, -0.15) is 0 Å². The Balaban J connectivity index is 2.00. The van der Waals surface area contributed by atoms with Crippen LogP contribution in [-0.2, 0) is 6.42 Å². The minimum Gasteiger partial charge on any atom is -0.308 e. The summed E-state index contributed by atoms with van der Waals surface area (Å²) < 4.78 is 13.9. The normalized spacial score (nSPS) is 13.5. The van der Waals surface area contributed by atoms with Crippen molar-refractivity contribution in [2.24, 2.45) is 0 Å². The summed E-state index contributed by atoms with van der Waals surface area (Å²) in [7, 11) is 0. The largest absolute Gasteiger partial charge is 0.308 e. The van der Waals surface area contributed by atoms with Gasteiger partial charge in [-0.25, -0.2) is 4.39 Å². The molecule has 1 amide bonds. The number of nitrogens with zero attached hydrogens (tertiary/aromatic N) is 1. The third-order valence-corrected chi connectivity index (χ3v) is 3.98. The third-order valence-electron chi connectivity index (χ3n) is 3.29. The highest BCUT2D eigenvalue weighted by atomic mass is 79.9. The van der Waals surface area contributed by atoms with Gasteiger partial charge in [-0.15, -0.1) is 0 Å². The average molecular weight is 320 g/mol. The van der Waals surface area contributed by atoms with Crippen molar-refractivity contribution in [3.8, 4) is 0 Å². The van der Waals surface area contributed by atoms with Gasteiger partial charge in [0, 0.05) is 16.7 Å². The van der Waals surface area contributed by atoms with E-state index in [9.17, 15) is 9.18 Å². The molecule has 19 heavy (non-hydrogen) atoms. The summed E-state index contributed by atoms with van der Waals surface area (Å²) in [5, 5.41) is 0. The van der Waals surface area contributed by atoms with Gasteiger partial charge in [-0.1, -0.05) is 18.2 Å². The smallest absolute Gasteiger partial charge is 0.259 e. The quantitative estimate of drug-likeness (QED) is 0.783. The van der Waals surface area contributed by atoms with Crippen LogP contribution in [0.1, 0.15) is 15.9 Å². The lowest BCUT2D eigenvalue weighted by atomic mass is 10.1. The van der Waals surface area contributed by atoms with E-state index < -0.39 is 5.82 Å². The van der Waals surface area contributed by atoms with Crippen LogP contribution in [0.2, 0.25) is 0 Å². The molecule has 0 atom stereocenters. The van der Waals surface area contributed by atoms with Gasteiger partial charge in [-0.3, -0.25) is 4.79 Å². The number of rotatable bonds is 1. The van der Waals surface area contributed by atoms with Gasteiger partial charge in [0.1, 0.15) is 5.82 Å². The summed E-state index contributed by atoms with van der Waals surface area (Å²) in [4.78, 5) is 14.2. The SMILES string of the molecule is O=C(c1cc(F)ccc1Br)N1CCc2ccccc21. The van der Waals surface area contributed by atoms with Crippen molar-refractivity contribution in [2.75, 3.05) is 11.4 Å². The number of benzene rings is 2. The van der Waals surface area contributed by atoms with Crippen LogP contribution in [0.5, 0.6) is 0 Å². The van der Waals surface area contributed by atoms with Crippen molar-refractivity contribution in [1.29, 1.82) is 0 Å². The van der Waals surface area contributed by atoms with Crippen LogP contribution < -0.4 is 4.90 Å². The van der Waals surface area contributed by atoms with Gasteiger partial charge in [0.05, 0.1) is 5.56 Å². The molecule has 2 aromatic carbocycles. The van der Waals surface area contributed by atoms with Crippen LogP contribution in [0.15, 0.2) is 46.9 Å². The highest BCUT2D eigenvalue weighted by Crippen LogP contribution is 2.30. The molecule has 2 nitrogen and oxygen atoms in total. The Morgan fingerprint density at radius 1 is 1.21 bits per heavy atom. The Hall–Kier alpha value is -1.68. The summed E-state index contributed by atoms with van der Waals surface area (Å²) in [6.07, 6.45) is 0.842. The molecule has 0 aliphatic carbocycles. The van der Waals surface area contributed by atoms with Gasteiger partial charge in [0.2, 0.25) is 0 Å². The third kappa shape index (κ3) is 2.16. The molecule has 0 N–H and O–H groups in total. The van der Waals surface area contributed by atoms with Gasteiger partial charge in [-0.05, 0) is 52.2 Å². The number of amides is 1. The van der Waals surface area contributed by atoms with E-state index in [1.54, 1.807) is 11.0 Å². The summed E-state index contributed by atoms with van der Waals surface area (Å²) in [6.45, 7) is 0.640. The molecule has 96 valence electrons. The van der Waals surface area contributed by atoms with Crippen LogP contribution in [0.4, 0.5) is 10.1 Å². The Bertz CT molecular complexity index is 656. The van der Waals surface area contributed by atoms with E-state index in [1.165, 1.54) is 12.1 Å². The monoisotopic (exact) mass is 319 g/mol. The molecule has 0 unspecified atom stereocenters. The Morgan fingerprint density at radius 2 is 2.00 bits per heavy atom. The minimum absolute atomic E-state index is 0.170. The molecular weight excluding hydrogens is 309 g/mol. The van der Waals surface area contributed by atoms with E-state index in [1.807, 2.05) is 24.3 Å². The molecule has 0 saturated carbocycles. The highest BCUT2D eigenvalue weighted by molar-refractivity contribution is 9.10. The average Bonchev–Trinajstić information content (AvgIpc) is 2.84. The highest BCUT2D eigenvalue weighted by Gasteiger charge is 2.26. The van der Waals surface area contributed by atoms with E-state index in [2.05, 4.69) is 15.9 Å². The predicted octanol–water partition coefficient (Wildman–Crippen LogP) is 3.79. The second-order valence-electron chi connectivity index (χ2n) is 4.46. The van der Waals surface area contributed by atoms with Gasteiger partial charge in [0.15, 0.2) is 0 Å². The number of fused-ring (bicyclic) bond motifs is 1. The van der Waals surface area contributed by atoms with E-state index in [-0.39, 0.29) is 5.91 Å². The topological polar surface area (TPSA) is 20.3 Å². The molecule has 0 fully saturated rings. The maximum absolute atomic E-state index is 13.3. The molecule has 0 saturated heterocycles.